The lowest BCUT2D eigenvalue weighted by Gasteiger charge is -2.07. The Hall–Kier alpha value is -1.92. The van der Waals surface area contributed by atoms with Gasteiger partial charge in [0.1, 0.15) is 0 Å². The van der Waals surface area contributed by atoms with Gasteiger partial charge in [-0.25, -0.2) is 13.4 Å². The standard InChI is InChI=1S/C14H13ClN2O3S/c1-9-3-4-11(7-10(9)2)14(18)17-12-5-6-13(16-8-12)21(15,19)20/h3-8H,1-2H3,(H,17,18). The first kappa shape index (κ1) is 15.5. The highest BCUT2D eigenvalue weighted by Crippen LogP contribution is 2.16. The maximum Gasteiger partial charge on any atom is 0.278 e. The first-order valence-corrected chi connectivity index (χ1v) is 8.37. The number of benzene rings is 1. The first-order valence-electron chi connectivity index (χ1n) is 6.07. The molecule has 5 nitrogen and oxygen atoms in total. The number of nitrogens with one attached hydrogen (secondary N) is 1. The predicted molar refractivity (Wildman–Crippen MR) is 81.1 cm³/mol. The van der Waals surface area contributed by atoms with Crippen LogP contribution < -0.4 is 5.32 Å². The van der Waals surface area contributed by atoms with Crippen LogP contribution >= 0.6 is 10.7 Å². The molecule has 0 aliphatic rings. The van der Waals surface area contributed by atoms with E-state index in [0.29, 0.717) is 11.3 Å². The molecule has 0 fully saturated rings. The molecular formula is C14H13ClN2O3S. The van der Waals surface area contributed by atoms with Crippen molar-refractivity contribution in [2.24, 2.45) is 0 Å². The zero-order valence-electron chi connectivity index (χ0n) is 11.4. The van der Waals surface area contributed by atoms with Crippen molar-refractivity contribution in [3.63, 3.8) is 0 Å². The smallest absolute Gasteiger partial charge is 0.278 e. The summed E-state index contributed by atoms with van der Waals surface area (Å²) in [5, 5.41) is 2.39. The van der Waals surface area contributed by atoms with Crippen LogP contribution in [0.4, 0.5) is 5.69 Å². The van der Waals surface area contributed by atoms with Gasteiger partial charge in [0, 0.05) is 16.2 Å². The number of hydrogen-bond donors (Lipinski definition) is 1. The quantitative estimate of drug-likeness (QED) is 0.881. The second-order valence-corrected chi connectivity index (χ2v) is 7.09. The van der Waals surface area contributed by atoms with Gasteiger partial charge in [0.25, 0.3) is 15.0 Å². The molecule has 0 spiro atoms. The number of anilines is 1. The van der Waals surface area contributed by atoms with Gasteiger partial charge in [-0.2, -0.15) is 0 Å². The van der Waals surface area contributed by atoms with E-state index in [2.05, 4.69) is 10.3 Å². The maximum absolute atomic E-state index is 12.1. The molecule has 1 aromatic carbocycles. The van der Waals surface area contributed by atoms with Gasteiger partial charge in [0.2, 0.25) is 0 Å². The van der Waals surface area contributed by atoms with Crippen molar-refractivity contribution < 1.29 is 13.2 Å². The van der Waals surface area contributed by atoms with Crippen LogP contribution in [0.2, 0.25) is 0 Å². The van der Waals surface area contributed by atoms with E-state index >= 15 is 0 Å². The van der Waals surface area contributed by atoms with E-state index in [0.717, 1.165) is 11.1 Å². The van der Waals surface area contributed by atoms with Crippen LogP contribution in [0.15, 0.2) is 41.6 Å². The Morgan fingerprint density at radius 3 is 2.38 bits per heavy atom. The maximum atomic E-state index is 12.1. The number of aromatic nitrogens is 1. The van der Waals surface area contributed by atoms with Crippen molar-refractivity contribution >= 4 is 31.3 Å². The molecule has 0 atom stereocenters. The van der Waals surface area contributed by atoms with Crippen LogP contribution in [-0.4, -0.2) is 19.3 Å². The lowest BCUT2D eigenvalue weighted by molar-refractivity contribution is 0.102. The molecule has 21 heavy (non-hydrogen) atoms. The van der Waals surface area contributed by atoms with Crippen molar-refractivity contribution in [3.8, 4) is 0 Å². The minimum absolute atomic E-state index is 0.256. The second-order valence-electron chi connectivity index (χ2n) is 4.58. The molecule has 1 heterocycles. The minimum atomic E-state index is -3.86. The highest BCUT2D eigenvalue weighted by Gasteiger charge is 2.12. The van der Waals surface area contributed by atoms with Crippen LogP contribution in [0.3, 0.4) is 0 Å². The lowest BCUT2D eigenvalue weighted by atomic mass is 10.1. The molecule has 0 saturated heterocycles. The summed E-state index contributed by atoms with van der Waals surface area (Å²) in [6, 6.07) is 8.05. The van der Waals surface area contributed by atoms with Gasteiger partial charge >= 0.3 is 0 Å². The molecule has 0 bridgehead atoms. The number of rotatable bonds is 3. The summed E-state index contributed by atoms with van der Waals surface area (Å²) < 4.78 is 22.1. The van der Waals surface area contributed by atoms with E-state index in [-0.39, 0.29) is 10.9 Å². The Balaban J connectivity index is 2.18. The summed E-state index contributed by atoms with van der Waals surface area (Å²) >= 11 is 0. The average Bonchev–Trinajstić information content (AvgIpc) is 2.41. The summed E-state index contributed by atoms with van der Waals surface area (Å²) in [7, 11) is 1.30. The van der Waals surface area contributed by atoms with Gasteiger partial charge in [0.15, 0.2) is 5.03 Å². The zero-order valence-corrected chi connectivity index (χ0v) is 13.0. The first-order chi connectivity index (χ1) is 9.77. The minimum Gasteiger partial charge on any atom is -0.321 e. The molecule has 1 N–H and O–H groups in total. The molecule has 2 aromatic rings. The molecule has 0 radical (unpaired) electrons. The Morgan fingerprint density at radius 1 is 1.14 bits per heavy atom. The molecular weight excluding hydrogens is 312 g/mol. The third-order valence-electron chi connectivity index (χ3n) is 3.01. The molecule has 0 aliphatic heterocycles. The van der Waals surface area contributed by atoms with Crippen LogP contribution in [0.25, 0.3) is 0 Å². The zero-order chi connectivity index (χ0) is 15.6. The van der Waals surface area contributed by atoms with E-state index in [1.807, 2.05) is 19.9 Å². The van der Waals surface area contributed by atoms with Gasteiger partial charge in [-0.05, 0) is 49.2 Å². The van der Waals surface area contributed by atoms with Crippen LogP contribution in [0.5, 0.6) is 0 Å². The second kappa shape index (κ2) is 5.83. The third-order valence-corrected chi connectivity index (χ3v) is 4.23. The highest BCUT2D eigenvalue weighted by atomic mass is 35.7. The number of carbonyl (C=O) groups excluding carboxylic acids is 1. The van der Waals surface area contributed by atoms with Crippen molar-refractivity contribution in [1.82, 2.24) is 4.98 Å². The summed E-state index contributed by atoms with van der Waals surface area (Å²) in [5.41, 5.74) is 3.03. The average molecular weight is 325 g/mol. The van der Waals surface area contributed by atoms with Crippen molar-refractivity contribution in [1.29, 1.82) is 0 Å². The van der Waals surface area contributed by atoms with Crippen molar-refractivity contribution in [3.05, 3.63) is 53.2 Å². The normalized spacial score (nSPS) is 11.2. The molecule has 0 saturated carbocycles. The summed E-state index contributed by atoms with van der Waals surface area (Å²) in [4.78, 5) is 15.8. The Labute approximate surface area is 127 Å². The van der Waals surface area contributed by atoms with Crippen LogP contribution in [-0.2, 0) is 9.05 Å². The number of carbonyl (C=O) groups is 1. The van der Waals surface area contributed by atoms with E-state index in [9.17, 15) is 13.2 Å². The highest BCUT2D eigenvalue weighted by molar-refractivity contribution is 8.13. The summed E-state index contributed by atoms with van der Waals surface area (Å²) in [6.45, 7) is 3.89. The summed E-state index contributed by atoms with van der Waals surface area (Å²) in [6.07, 6.45) is 1.24. The topological polar surface area (TPSA) is 76.1 Å². The van der Waals surface area contributed by atoms with E-state index in [1.165, 1.54) is 18.3 Å². The van der Waals surface area contributed by atoms with Gasteiger partial charge in [-0.1, -0.05) is 6.07 Å². The molecule has 0 unspecified atom stereocenters. The summed E-state index contributed by atoms with van der Waals surface area (Å²) in [5.74, 6) is -0.290. The Bertz CT molecular complexity index is 786. The number of aryl methyl sites for hydroxylation is 2. The van der Waals surface area contributed by atoms with Crippen molar-refractivity contribution in [2.75, 3.05) is 5.32 Å². The number of pyridine rings is 1. The lowest BCUT2D eigenvalue weighted by Crippen LogP contribution is -2.12. The fraction of sp³-hybridized carbons (Fsp3) is 0.143. The van der Waals surface area contributed by atoms with Gasteiger partial charge in [-0.15, -0.1) is 0 Å². The Morgan fingerprint density at radius 2 is 1.86 bits per heavy atom. The number of hydrogen-bond acceptors (Lipinski definition) is 4. The number of amides is 1. The molecule has 1 amide bonds. The van der Waals surface area contributed by atoms with Crippen molar-refractivity contribution in [2.45, 2.75) is 18.9 Å². The molecule has 7 heteroatoms. The fourth-order valence-electron chi connectivity index (χ4n) is 1.68. The largest absolute Gasteiger partial charge is 0.321 e. The SMILES string of the molecule is Cc1ccc(C(=O)Nc2ccc(S(=O)(=O)Cl)nc2)cc1C. The fourth-order valence-corrected chi connectivity index (χ4v) is 2.37. The predicted octanol–water partition coefficient (Wildman–Crippen LogP) is 2.88. The number of halogens is 1. The van der Waals surface area contributed by atoms with Gasteiger partial charge < -0.3 is 5.32 Å². The molecule has 110 valence electrons. The van der Waals surface area contributed by atoms with Gasteiger partial charge in [0.05, 0.1) is 11.9 Å². The van der Waals surface area contributed by atoms with Crippen LogP contribution in [0, 0.1) is 13.8 Å². The monoisotopic (exact) mass is 324 g/mol. The Kier molecular flexibility index (Phi) is 4.29. The molecule has 2 rings (SSSR count). The van der Waals surface area contributed by atoms with E-state index in [1.54, 1.807) is 12.1 Å². The van der Waals surface area contributed by atoms with E-state index in [4.69, 9.17) is 10.7 Å². The number of nitrogens with zero attached hydrogens (tertiary/aromatic N) is 1. The molecule has 0 aliphatic carbocycles. The molecule has 1 aromatic heterocycles. The third kappa shape index (κ3) is 3.80. The van der Waals surface area contributed by atoms with E-state index < -0.39 is 9.05 Å². The van der Waals surface area contributed by atoms with Gasteiger partial charge in [-0.3, -0.25) is 4.79 Å². The van der Waals surface area contributed by atoms with Crippen LogP contribution in [0.1, 0.15) is 21.5 Å².